The molecule has 0 spiro atoms. The van der Waals surface area contributed by atoms with Gasteiger partial charge in [0, 0.05) is 12.3 Å². The van der Waals surface area contributed by atoms with Crippen molar-refractivity contribution in [1.29, 1.82) is 0 Å². The van der Waals surface area contributed by atoms with Crippen LogP contribution in [0, 0.1) is 0 Å². The van der Waals surface area contributed by atoms with E-state index in [1.165, 1.54) is 41.2 Å². The lowest BCUT2D eigenvalue weighted by Gasteiger charge is -2.09. The third kappa shape index (κ3) is 2.90. The number of hydrogen-bond donors (Lipinski definition) is 1. The van der Waals surface area contributed by atoms with Crippen molar-refractivity contribution in [3.63, 3.8) is 0 Å². The number of nitrogens with one attached hydrogen (secondary N) is 1. The van der Waals surface area contributed by atoms with Crippen LogP contribution in [0.25, 0.3) is 5.69 Å². The minimum Gasteiger partial charge on any atom is -0.406 e. The van der Waals surface area contributed by atoms with Crippen molar-refractivity contribution in [2.75, 3.05) is 0 Å². The number of halogens is 3. The number of rotatable bonds is 2. The normalized spacial score (nSPS) is 11.5. The molecule has 0 aliphatic rings. The van der Waals surface area contributed by atoms with Crippen LogP contribution in [0.3, 0.4) is 0 Å². The Balaban J connectivity index is 2.21. The first-order chi connectivity index (χ1) is 7.94. The zero-order valence-corrected chi connectivity index (χ0v) is 8.36. The smallest absolute Gasteiger partial charge is 0.406 e. The van der Waals surface area contributed by atoms with Gasteiger partial charge in [0.05, 0.1) is 5.69 Å². The number of hydrogen-bond acceptors (Lipinski definition) is 2. The lowest BCUT2D eigenvalue weighted by Crippen LogP contribution is -2.17. The summed E-state index contributed by atoms with van der Waals surface area (Å²) in [5.41, 5.74) is 0.238. The molecule has 0 unspecified atom stereocenters. The summed E-state index contributed by atoms with van der Waals surface area (Å²) < 4.78 is 40.8. The highest BCUT2D eigenvalue weighted by molar-refractivity contribution is 5.36. The molecule has 0 saturated carbocycles. The molecule has 0 amide bonds. The summed E-state index contributed by atoms with van der Waals surface area (Å²) >= 11 is 0. The number of H-pyrrole nitrogens is 1. The van der Waals surface area contributed by atoms with Crippen molar-refractivity contribution in [1.82, 2.24) is 9.78 Å². The number of benzene rings is 1. The number of nitrogens with zero attached hydrogens (tertiary/aromatic N) is 1. The van der Waals surface area contributed by atoms with Gasteiger partial charge in [0.25, 0.3) is 5.56 Å². The summed E-state index contributed by atoms with van der Waals surface area (Å²) in [5, 5.41) is 2.46. The van der Waals surface area contributed by atoms with Crippen molar-refractivity contribution >= 4 is 0 Å². The van der Waals surface area contributed by atoms with Crippen LogP contribution in [0.4, 0.5) is 13.2 Å². The summed E-state index contributed by atoms with van der Waals surface area (Å²) in [6, 6.07) is 6.44. The van der Waals surface area contributed by atoms with Gasteiger partial charge in [-0.15, -0.1) is 13.2 Å². The Bertz CT molecular complexity index is 554. The average molecular weight is 244 g/mol. The number of ether oxygens (including phenoxy) is 1. The summed E-state index contributed by atoms with van der Waals surface area (Å²) in [5.74, 6) is -0.309. The molecular weight excluding hydrogens is 237 g/mol. The van der Waals surface area contributed by atoms with Crippen LogP contribution >= 0.6 is 0 Å². The fourth-order valence-corrected chi connectivity index (χ4v) is 1.29. The van der Waals surface area contributed by atoms with Crippen LogP contribution in [-0.4, -0.2) is 16.1 Å². The van der Waals surface area contributed by atoms with E-state index in [0.717, 1.165) is 0 Å². The predicted octanol–water partition coefficient (Wildman–Crippen LogP) is 2.06. The lowest BCUT2D eigenvalue weighted by molar-refractivity contribution is -0.274. The molecule has 0 aliphatic carbocycles. The van der Waals surface area contributed by atoms with Gasteiger partial charge in [-0.1, -0.05) is 0 Å². The summed E-state index contributed by atoms with van der Waals surface area (Å²) in [6.07, 6.45) is -3.23. The highest BCUT2D eigenvalue weighted by atomic mass is 19.4. The van der Waals surface area contributed by atoms with Gasteiger partial charge < -0.3 is 4.74 Å². The first-order valence-electron chi connectivity index (χ1n) is 4.58. The van der Waals surface area contributed by atoms with Crippen LogP contribution in [0.2, 0.25) is 0 Å². The minimum absolute atomic E-state index is 0.291. The molecule has 0 fully saturated rings. The van der Waals surface area contributed by atoms with E-state index in [4.69, 9.17) is 0 Å². The van der Waals surface area contributed by atoms with Gasteiger partial charge in [-0.05, 0) is 24.3 Å². The van der Waals surface area contributed by atoms with E-state index >= 15 is 0 Å². The van der Waals surface area contributed by atoms with Crippen molar-refractivity contribution in [2.24, 2.45) is 0 Å². The second kappa shape index (κ2) is 4.00. The quantitative estimate of drug-likeness (QED) is 0.878. The average Bonchev–Trinajstić information content (AvgIpc) is 2.63. The van der Waals surface area contributed by atoms with E-state index in [0.29, 0.717) is 5.69 Å². The monoisotopic (exact) mass is 244 g/mol. The van der Waals surface area contributed by atoms with Gasteiger partial charge in [0.15, 0.2) is 0 Å². The fourth-order valence-electron chi connectivity index (χ4n) is 1.29. The highest BCUT2D eigenvalue weighted by Crippen LogP contribution is 2.23. The zero-order valence-electron chi connectivity index (χ0n) is 8.36. The first kappa shape index (κ1) is 11.3. The Morgan fingerprint density at radius 3 is 2.24 bits per heavy atom. The molecule has 0 aliphatic heterocycles. The number of aromatic nitrogens is 2. The van der Waals surface area contributed by atoms with Crippen LogP contribution in [0.5, 0.6) is 5.75 Å². The maximum Gasteiger partial charge on any atom is 0.573 e. The molecule has 1 aromatic carbocycles. The molecular formula is C10H7F3N2O2. The standard InChI is InChI=1S/C10H7F3N2O2/c11-10(12,13)17-8-3-1-7(2-4-8)15-6-5-9(16)14-15/h1-6H,(H,14,16). The number of aromatic amines is 1. The Morgan fingerprint density at radius 1 is 1.12 bits per heavy atom. The zero-order chi connectivity index (χ0) is 12.5. The van der Waals surface area contributed by atoms with Crippen molar-refractivity contribution in [3.8, 4) is 11.4 Å². The molecule has 1 N–H and O–H groups in total. The van der Waals surface area contributed by atoms with Gasteiger partial charge in [-0.2, -0.15) is 0 Å². The molecule has 1 aromatic heterocycles. The topological polar surface area (TPSA) is 47.0 Å². The molecule has 4 nitrogen and oxygen atoms in total. The minimum atomic E-state index is -4.71. The fraction of sp³-hybridized carbons (Fsp3) is 0.100. The third-order valence-corrected chi connectivity index (χ3v) is 1.95. The predicted molar refractivity (Wildman–Crippen MR) is 53.1 cm³/mol. The second-order valence-corrected chi connectivity index (χ2v) is 3.20. The summed E-state index contributed by atoms with van der Waals surface area (Å²) in [6.45, 7) is 0. The third-order valence-electron chi connectivity index (χ3n) is 1.95. The summed E-state index contributed by atoms with van der Waals surface area (Å²) in [7, 11) is 0. The molecule has 0 bridgehead atoms. The van der Waals surface area contributed by atoms with Crippen molar-refractivity contribution in [2.45, 2.75) is 6.36 Å². The molecule has 0 radical (unpaired) electrons. The van der Waals surface area contributed by atoms with E-state index in [2.05, 4.69) is 9.84 Å². The van der Waals surface area contributed by atoms with Crippen LogP contribution in [-0.2, 0) is 0 Å². The SMILES string of the molecule is O=c1ccn(-c2ccc(OC(F)(F)F)cc2)[nH]1. The van der Waals surface area contributed by atoms with E-state index in [-0.39, 0.29) is 11.3 Å². The lowest BCUT2D eigenvalue weighted by atomic mass is 10.3. The Kier molecular flexibility index (Phi) is 2.66. The van der Waals surface area contributed by atoms with Crippen LogP contribution in [0.1, 0.15) is 0 Å². The molecule has 7 heteroatoms. The Labute approximate surface area is 93.2 Å². The Morgan fingerprint density at radius 2 is 1.76 bits per heavy atom. The van der Waals surface area contributed by atoms with Crippen molar-refractivity contribution in [3.05, 3.63) is 46.9 Å². The summed E-state index contributed by atoms with van der Waals surface area (Å²) in [4.78, 5) is 10.9. The Hall–Kier alpha value is -2.18. The van der Waals surface area contributed by atoms with Gasteiger partial charge >= 0.3 is 6.36 Å². The molecule has 90 valence electrons. The largest absolute Gasteiger partial charge is 0.573 e. The molecule has 0 saturated heterocycles. The van der Waals surface area contributed by atoms with Gasteiger partial charge in [0.2, 0.25) is 0 Å². The maximum absolute atomic E-state index is 11.9. The van der Waals surface area contributed by atoms with Gasteiger partial charge in [-0.25, -0.2) is 0 Å². The van der Waals surface area contributed by atoms with Crippen molar-refractivity contribution < 1.29 is 17.9 Å². The van der Waals surface area contributed by atoms with E-state index in [9.17, 15) is 18.0 Å². The van der Waals surface area contributed by atoms with Gasteiger partial charge in [0.1, 0.15) is 5.75 Å². The highest BCUT2D eigenvalue weighted by Gasteiger charge is 2.30. The maximum atomic E-state index is 11.9. The van der Waals surface area contributed by atoms with Crippen LogP contribution in [0.15, 0.2) is 41.3 Å². The van der Waals surface area contributed by atoms with Gasteiger partial charge in [-0.3, -0.25) is 14.6 Å². The van der Waals surface area contributed by atoms with E-state index < -0.39 is 6.36 Å². The molecule has 2 aromatic rings. The molecule has 1 heterocycles. The van der Waals surface area contributed by atoms with E-state index in [1.54, 1.807) is 0 Å². The van der Waals surface area contributed by atoms with Crippen LogP contribution < -0.4 is 10.3 Å². The second-order valence-electron chi connectivity index (χ2n) is 3.20. The first-order valence-corrected chi connectivity index (χ1v) is 4.58. The molecule has 0 atom stereocenters. The molecule has 17 heavy (non-hydrogen) atoms. The van der Waals surface area contributed by atoms with E-state index in [1.807, 2.05) is 0 Å². The molecule has 2 rings (SSSR count). The number of alkyl halides is 3.